The summed E-state index contributed by atoms with van der Waals surface area (Å²) in [7, 11) is 0. The van der Waals surface area contributed by atoms with Crippen LogP contribution in [0.2, 0.25) is 0 Å². The van der Waals surface area contributed by atoms with Crippen LogP contribution in [-0.2, 0) is 14.4 Å². The summed E-state index contributed by atoms with van der Waals surface area (Å²) in [4.78, 5) is 23.6. The molecule has 0 unspecified atom stereocenters. The molecular weight excluding hydrogens is 440 g/mol. The number of oxime groups is 1. The monoisotopic (exact) mass is 482 g/mol. The highest BCUT2D eigenvalue weighted by Crippen LogP contribution is 2.68. The fourth-order valence-corrected chi connectivity index (χ4v) is 7.80. The van der Waals surface area contributed by atoms with Gasteiger partial charge in [0.15, 0.2) is 0 Å². The van der Waals surface area contributed by atoms with E-state index in [0.29, 0.717) is 30.9 Å². The first-order valence-electron chi connectivity index (χ1n) is 12.7. The molecule has 4 saturated carbocycles. The van der Waals surface area contributed by atoms with Crippen molar-refractivity contribution in [3.63, 3.8) is 0 Å². The van der Waals surface area contributed by atoms with E-state index in [1.807, 2.05) is 6.21 Å². The number of nitrogens with zero attached hydrogens (tertiary/aromatic N) is 1. The Morgan fingerprint density at radius 3 is 2.38 bits per heavy atom. The smallest absolute Gasteiger partial charge is 0.414 e. The van der Waals surface area contributed by atoms with E-state index in [9.17, 15) is 10.2 Å². The van der Waals surface area contributed by atoms with Crippen LogP contribution in [0.1, 0.15) is 78.1 Å². The molecule has 8 atom stereocenters. The Balaban J connectivity index is 0.000000481. The van der Waals surface area contributed by atoms with Crippen LogP contribution < -0.4 is 5.73 Å². The fourth-order valence-electron chi connectivity index (χ4n) is 7.80. The second kappa shape index (κ2) is 10.5. The molecule has 0 saturated heterocycles. The molecule has 0 aromatic heterocycles. The van der Waals surface area contributed by atoms with Crippen molar-refractivity contribution < 1.29 is 34.9 Å². The summed E-state index contributed by atoms with van der Waals surface area (Å²) < 4.78 is 0. The lowest BCUT2D eigenvalue weighted by molar-refractivity contribution is -0.206. The highest BCUT2D eigenvalue weighted by atomic mass is 16.6. The van der Waals surface area contributed by atoms with Crippen LogP contribution in [0.15, 0.2) is 5.16 Å². The lowest BCUT2D eigenvalue weighted by Gasteiger charge is -2.63. The lowest BCUT2D eigenvalue weighted by atomic mass is 9.43. The first kappa shape index (κ1) is 26.9. The molecule has 9 nitrogen and oxygen atoms in total. The quantitative estimate of drug-likeness (QED) is 0.173. The van der Waals surface area contributed by atoms with Gasteiger partial charge in [-0.15, -0.1) is 0 Å². The van der Waals surface area contributed by atoms with Crippen LogP contribution >= 0.6 is 0 Å². The molecule has 0 spiro atoms. The number of aliphatic hydroxyl groups excluding tert-OH is 1. The van der Waals surface area contributed by atoms with Crippen LogP contribution in [0.3, 0.4) is 0 Å². The Labute approximate surface area is 201 Å². The number of aliphatic carboxylic acids is 2. The largest absolute Gasteiger partial charge is 0.473 e. The molecule has 0 radical (unpaired) electrons. The number of carbonyl (C=O) groups is 2. The maximum absolute atomic E-state index is 12.1. The van der Waals surface area contributed by atoms with Crippen LogP contribution in [0.4, 0.5) is 0 Å². The molecular formula is C25H42N2O7. The van der Waals surface area contributed by atoms with E-state index in [1.165, 1.54) is 6.42 Å². The predicted molar refractivity (Wildman–Crippen MR) is 126 cm³/mol. The van der Waals surface area contributed by atoms with Gasteiger partial charge in [0.1, 0.15) is 6.61 Å². The van der Waals surface area contributed by atoms with Gasteiger partial charge in [-0.3, -0.25) is 0 Å². The topological polar surface area (TPSA) is 163 Å². The number of fused-ring (bicyclic) bond motifs is 5. The average molecular weight is 483 g/mol. The Morgan fingerprint density at radius 1 is 1.03 bits per heavy atom. The number of hydrogen-bond acceptors (Lipinski definition) is 7. The summed E-state index contributed by atoms with van der Waals surface area (Å²) >= 11 is 0. The number of hydrogen-bond donors (Lipinski definition) is 5. The van der Waals surface area contributed by atoms with Gasteiger partial charge in [0.05, 0.1) is 11.7 Å². The molecule has 0 heterocycles. The van der Waals surface area contributed by atoms with Crippen LogP contribution in [0.25, 0.3) is 0 Å². The van der Waals surface area contributed by atoms with Crippen LogP contribution in [0, 0.1) is 34.5 Å². The highest BCUT2D eigenvalue weighted by Gasteiger charge is 2.66. The minimum absolute atomic E-state index is 0.105. The van der Waals surface area contributed by atoms with Gasteiger partial charge in [-0.1, -0.05) is 19.0 Å². The predicted octanol–water partition coefficient (Wildman–Crippen LogP) is 2.63. The molecule has 194 valence electrons. The average Bonchev–Trinajstić information content (AvgIpc) is 3.05. The second-order valence-corrected chi connectivity index (χ2v) is 11.3. The van der Waals surface area contributed by atoms with E-state index in [0.717, 1.165) is 57.8 Å². The highest BCUT2D eigenvalue weighted by molar-refractivity contribution is 6.27. The van der Waals surface area contributed by atoms with Gasteiger partial charge in [0, 0.05) is 17.5 Å². The number of carboxylic acid groups (broad SMARTS) is 2. The van der Waals surface area contributed by atoms with Crippen molar-refractivity contribution in [1.29, 1.82) is 0 Å². The molecule has 0 aliphatic heterocycles. The van der Waals surface area contributed by atoms with Gasteiger partial charge in [-0.2, -0.15) is 0 Å². The number of rotatable bonds is 5. The second-order valence-electron chi connectivity index (χ2n) is 11.3. The minimum Gasteiger partial charge on any atom is -0.473 e. The van der Waals surface area contributed by atoms with E-state index in [-0.39, 0.29) is 22.9 Å². The van der Waals surface area contributed by atoms with Gasteiger partial charge in [0.25, 0.3) is 0 Å². The Kier molecular flexibility index (Phi) is 8.30. The summed E-state index contributed by atoms with van der Waals surface area (Å²) in [5, 5.41) is 41.3. The van der Waals surface area contributed by atoms with Crippen LogP contribution in [-0.4, -0.2) is 63.4 Å². The van der Waals surface area contributed by atoms with Crippen molar-refractivity contribution in [3.8, 4) is 0 Å². The van der Waals surface area contributed by atoms with E-state index in [4.69, 9.17) is 30.4 Å². The zero-order chi connectivity index (χ0) is 25.1. The molecule has 9 heteroatoms. The third kappa shape index (κ3) is 4.84. The van der Waals surface area contributed by atoms with Crippen molar-refractivity contribution in [1.82, 2.24) is 0 Å². The third-order valence-corrected chi connectivity index (χ3v) is 9.83. The molecule has 0 aromatic rings. The number of carboxylic acids is 2. The first-order chi connectivity index (χ1) is 16.0. The Hall–Kier alpha value is -1.71. The summed E-state index contributed by atoms with van der Waals surface area (Å²) in [6.45, 7) is 5.95. The van der Waals surface area contributed by atoms with Gasteiger partial charge in [0.2, 0.25) is 0 Å². The number of aliphatic hydroxyl groups is 2. The third-order valence-electron chi connectivity index (χ3n) is 9.83. The Bertz CT molecular complexity index is 764. The molecule has 0 aromatic carbocycles. The zero-order valence-corrected chi connectivity index (χ0v) is 20.5. The van der Waals surface area contributed by atoms with Gasteiger partial charge < -0.3 is 31.0 Å². The van der Waals surface area contributed by atoms with Gasteiger partial charge >= 0.3 is 11.9 Å². The van der Waals surface area contributed by atoms with E-state index in [1.54, 1.807) is 0 Å². The van der Waals surface area contributed by atoms with Crippen molar-refractivity contribution in [3.05, 3.63) is 0 Å². The van der Waals surface area contributed by atoms with Gasteiger partial charge in [-0.25, -0.2) is 9.59 Å². The molecule has 4 aliphatic carbocycles. The molecule has 4 rings (SSSR count). The SMILES string of the molecule is C[C@]12CC[C@H](O)C[C@H]1CC[C@@H]1[C@@H]2CC[C@]2(C)[C@@H](/C=N/OCCCN)CC[C@]12O.O=C(O)C(=O)O. The maximum Gasteiger partial charge on any atom is 0.414 e. The van der Waals surface area contributed by atoms with Crippen molar-refractivity contribution in [2.45, 2.75) is 89.8 Å². The molecule has 0 bridgehead atoms. The zero-order valence-electron chi connectivity index (χ0n) is 20.5. The lowest BCUT2D eigenvalue weighted by Crippen LogP contribution is -2.62. The Morgan fingerprint density at radius 2 is 1.74 bits per heavy atom. The minimum atomic E-state index is -1.82. The molecule has 4 fully saturated rings. The van der Waals surface area contributed by atoms with E-state index in [2.05, 4.69) is 19.0 Å². The summed E-state index contributed by atoms with van der Waals surface area (Å²) in [6.07, 6.45) is 12.1. The normalized spacial score (nSPS) is 43.1. The molecule has 4 aliphatic rings. The standard InChI is InChI=1S/C23H40N2O3.C2H2O4/c1-21-9-7-18(26)14-16(21)4-5-20-19(21)8-10-22(2)17(6-11-23(20,22)27)15-25-28-13-3-12-24;3-1(4)2(5)6/h15-20,26-27H,3-14,24H2,1-2H3;(H,3,4)(H,5,6)/b25-15+;/t16-,17-,18+,19+,20-,21+,22-,23+;/m1./s1. The number of nitrogens with two attached hydrogens (primary N) is 1. The molecule has 34 heavy (non-hydrogen) atoms. The van der Waals surface area contributed by atoms with Gasteiger partial charge in [-0.05, 0) is 93.9 Å². The van der Waals surface area contributed by atoms with Crippen molar-refractivity contribution in [2.24, 2.45) is 45.4 Å². The van der Waals surface area contributed by atoms with E-state index < -0.39 is 17.5 Å². The fraction of sp³-hybridized carbons (Fsp3) is 0.880. The van der Waals surface area contributed by atoms with Crippen molar-refractivity contribution in [2.75, 3.05) is 13.2 Å². The molecule has 6 N–H and O–H groups in total. The van der Waals surface area contributed by atoms with Crippen LogP contribution in [0.5, 0.6) is 0 Å². The van der Waals surface area contributed by atoms with E-state index >= 15 is 0 Å². The molecule has 0 amide bonds. The summed E-state index contributed by atoms with van der Waals surface area (Å²) in [5.74, 6) is -1.76. The maximum atomic E-state index is 12.1. The summed E-state index contributed by atoms with van der Waals surface area (Å²) in [5.41, 5.74) is 5.10. The van der Waals surface area contributed by atoms with Crippen molar-refractivity contribution >= 4 is 18.2 Å². The summed E-state index contributed by atoms with van der Waals surface area (Å²) in [6, 6.07) is 0. The first-order valence-corrected chi connectivity index (χ1v) is 12.7.